The van der Waals surface area contributed by atoms with Crippen LogP contribution in [0.1, 0.15) is 11.1 Å². The van der Waals surface area contributed by atoms with Crippen LogP contribution in [0.2, 0.25) is 0 Å². The zero-order chi connectivity index (χ0) is 13.1. The van der Waals surface area contributed by atoms with Gasteiger partial charge >= 0.3 is 0 Å². The van der Waals surface area contributed by atoms with Crippen LogP contribution in [0.3, 0.4) is 0 Å². The Kier molecular flexibility index (Phi) is 3.63. The van der Waals surface area contributed by atoms with Crippen molar-refractivity contribution in [2.24, 2.45) is 5.73 Å². The lowest BCUT2D eigenvalue weighted by Crippen LogP contribution is -2.11. The molecule has 2 nitrogen and oxygen atoms in total. The number of aryl methyl sites for hydroxylation is 1. The molecule has 94 valence electrons. The van der Waals surface area contributed by atoms with E-state index in [1.807, 2.05) is 49.2 Å². The third-order valence-corrected chi connectivity index (χ3v) is 3.03. The zero-order valence-electron chi connectivity index (χ0n) is 10.7. The molecule has 0 bridgehead atoms. The number of hydrogen-bond donors (Lipinski definition) is 1. The van der Waals surface area contributed by atoms with Crippen LogP contribution in [-0.4, -0.2) is 7.05 Å². The van der Waals surface area contributed by atoms with Crippen molar-refractivity contribution >= 4 is 11.4 Å². The lowest BCUT2D eigenvalue weighted by Gasteiger charge is -2.20. The van der Waals surface area contributed by atoms with E-state index in [0.29, 0.717) is 12.2 Å². The Morgan fingerprint density at radius 2 is 1.78 bits per heavy atom. The molecule has 0 spiro atoms. The summed E-state index contributed by atoms with van der Waals surface area (Å²) < 4.78 is 14.0. The molecule has 3 heteroatoms. The number of benzene rings is 2. The van der Waals surface area contributed by atoms with Gasteiger partial charge < -0.3 is 10.6 Å². The van der Waals surface area contributed by atoms with Crippen LogP contribution in [0.15, 0.2) is 42.5 Å². The van der Waals surface area contributed by atoms with Crippen molar-refractivity contribution in [2.75, 3.05) is 11.9 Å². The molecular weight excluding hydrogens is 227 g/mol. The van der Waals surface area contributed by atoms with Crippen molar-refractivity contribution in [1.82, 2.24) is 0 Å². The van der Waals surface area contributed by atoms with Gasteiger partial charge in [0.2, 0.25) is 0 Å². The van der Waals surface area contributed by atoms with Crippen LogP contribution in [-0.2, 0) is 6.54 Å². The lowest BCUT2D eigenvalue weighted by molar-refractivity contribution is 0.625. The molecule has 0 fully saturated rings. The topological polar surface area (TPSA) is 29.3 Å². The van der Waals surface area contributed by atoms with E-state index in [1.54, 1.807) is 6.07 Å². The molecule has 0 aliphatic carbocycles. The molecule has 0 aliphatic rings. The van der Waals surface area contributed by atoms with Gasteiger partial charge in [-0.3, -0.25) is 0 Å². The van der Waals surface area contributed by atoms with Crippen LogP contribution >= 0.6 is 0 Å². The summed E-state index contributed by atoms with van der Waals surface area (Å²) >= 11 is 0. The fourth-order valence-electron chi connectivity index (χ4n) is 1.86. The van der Waals surface area contributed by atoms with Crippen molar-refractivity contribution in [3.05, 3.63) is 59.4 Å². The van der Waals surface area contributed by atoms with Crippen LogP contribution < -0.4 is 10.6 Å². The number of nitrogens with two attached hydrogens (primary N) is 1. The molecular formula is C15H17FN2. The minimum absolute atomic E-state index is 0.249. The first-order valence-corrected chi connectivity index (χ1v) is 5.90. The van der Waals surface area contributed by atoms with E-state index in [4.69, 9.17) is 5.73 Å². The molecule has 0 heterocycles. The van der Waals surface area contributed by atoms with Gasteiger partial charge in [0.15, 0.2) is 0 Å². The summed E-state index contributed by atoms with van der Waals surface area (Å²) in [6, 6.07) is 13.1. The number of hydrogen-bond acceptors (Lipinski definition) is 2. The normalized spacial score (nSPS) is 10.4. The Labute approximate surface area is 107 Å². The second-order valence-electron chi connectivity index (χ2n) is 4.38. The third-order valence-electron chi connectivity index (χ3n) is 3.03. The lowest BCUT2D eigenvalue weighted by atomic mass is 10.1. The number of rotatable bonds is 3. The number of halogens is 1. The average Bonchev–Trinajstić information content (AvgIpc) is 2.38. The van der Waals surface area contributed by atoms with Crippen LogP contribution in [0.25, 0.3) is 0 Å². The molecule has 18 heavy (non-hydrogen) atoms. The summed E-state index contributed by atoms with van der Waals surface area (Å²) in [5, 5.41) is 0. The minimum atomic E-state index is -0.249. The predicted octanol–water partition coefficient (Wildman–Crippen LogP) is 3.36. The van der Waals surface area contributed by atoms with Crippen molar-refractivity contribution in [3.8, 4) is 0 Å². The van der Waals surface area contributed by atoms with Crippen molar-refractivity contribution in [1.29, 1.82) is 0 Å². The van der Waals surface area contributed by atoms with E-state index < -0.39 is 0 Å². The fraction of sp³-hybridized carbons (Fsp3) is 0.200. The SMILES string of the molecule is Cc1ccc(N(C)c2ccc(CN)cc2F)cc1. The Morgan fingerprint density at radius 1 is 1.11 bits per heavy atom. The van der Waals surface area contributed by atoms with Gasteiger partial charge in [-0.2, -0.15) is 0 Å². The van der Waals surface area contributed by atoms with Gasteiger partial charge in [-0.1, -0.05) is 23.8 Å². The fourth-order valence-corrected chi connectivity index (χ4v) is 1.86. The monoisotopic (exact) mass is 244 g/mol. The summed E-state index contributed by atoms with van der Waals surface area (Å²) in [7, 11) is 1.85. The highest BCUT2D eigenvalue weighted by Gasteiger charge is 2.09. The Balaban J connectivity index is 2.33. The first-order chi connectivity index (χ1) is 8.61. The van der Waals surface area contributed by atoms with E-state index in [2.05, 4.69) is 0 Å². The molecule has 0 amide bonds. The smallest absolute Gasteiger partial charge is 0.147 e. The molecule has 0 unspecified atom stereocenters. The minimum Gasteiger partial charge on any atom is -0.342 e. The number of anilines is 2. The van der Waals surface area contributed by atoms with E-state index in [-0.39, 0.29) is 5.82 Å². The average molecular weight is 244 g/mol. The van der Waals surface area contributed by atoms with Crippen LogP contribution in [0.5, 0.6) is 0 Å². The first-order valence-electron chi connectivity index (χ1n) is 5.90. The molecule has 0 atom stereocenters. The predicted molar refractivity (Wildman–Crippen MR) is 73.5 cm³/mol. The summed E-state index contributed by atoms with van der Waals surface area (Å²) in [6.07, 6.45) is 0. The number of nitrogens with zero attached hydrogens (tertiary/aromatic N) is 1. The molecule has 0 saturated carbocycles. The van der Waals surface area contributed by atoms with Gasteiger partial charge in [-0.15, -0.1) is 0 Å². The van der Waals surface area contributed by atoms with Gasteiger partial charge in [-0.05, 0) is 36.8 Å². The highest BCUT2D eigenvalue weighted by molar-refractivity contribution is 5.63. The maximum absolute atomic E-state index is 14.0. The summed E-state index contributed by atoms with van der Waals surface area (Å²) in [6.45, 7) is 2.38. The molecule has 0 aliphatic heterocycles. The second kappa shape index (κ2) is 5.19. The van der Waals surface area contributed by atoms with Crippen molar-refractivity contribution in [3.63, 3.8) is 0 Å². The van der Waals surface area contributed by atoms with Gasteiger partial charge in [0.1, 0.15) is 5.82 Å². The van der Waals surface area contributed by atoms with Gasteiger partial charge in [0.25, 0.3) is 0 Å². The Morgan fingerprint density at radius 3 is 2.33 bits per heavy atom. The molecule has 2 aromatic rings. The first kappa shape index (κ1) is 12.6. The molecule has 2 rings (SSSR count). The van der Waals surface area contributed by atoms with Gasteiger partial charge in [-0.25, -0.2) is 4.39 Å². The van der Waals surface area contributed by atoms with E-state index in [0.717, 1.165) is 11.3 Å². The zero-order valence-corrected chi connectivity index (χ0v) is 10.7. The maximum Gasteiger partial charge on any atom is 0.147 e. The molecule has 2 aromatic carbocycles. The van der Waals surface area contributed by atoms with Gasteiger partial charge in [0.05, 0.1) is 5.69 Å². The van der Waals surface area contributed by atoms with E-state index in [9.17, 15) is 4.39 Å². The van der Waals surface area contributed by atoms with E-state index >= 15 is 0 Å². The summed E-state index contributed by atoms with van der Waals surface area (Å²) in [4.78, 5) is 1.83. The van der Waals surface area contributed by atoms with E-state index in [1.165, 1.54) is 11.6 Å². The maximum atomic E-state index is 14.0. The van der Waals surface area contributed by atoms with Crippen molar-refractivity contribution < 1.29 is 4.39 Å². The second-order valence-corrected chi connectivity index (χ2v) is 4.38. The summed E-state index contributed by atoms with van der Waals surface area (Å²) in [5.74, 6) is -0.249. The van der Waals surface area contributed by atoms with Crippen LogP contribution in [0.4, 0.5) is 15.8 Å². The molecule has 0 radical (unpaired) electrons. The van der Waals surface area contributed by atoms with Crippen molar-refractivity contribution in [2.45, 2.75) is 13.5 Å². The Hall–Kier alpha value is -1.87. The highest BCUT2D eigenvalue weighted by Crippen LogP contribution is 2.26. The molecule has 0 aromatic heterocycles. The highest BCUT2D eigenvalue weighted by atomic mass is 19.1. The largest absolute Gasteiger partial charge is 0.342 e. The quantitative estimate of drug-likeness (QED) is 0.897. The third kappa shape index (κ3) is 2.51. The van der Waals surface area contributed by atoms with Crippen LogP contribution in [0, 0.1) is 12.7 Å². The molecule has 0 saturated heterocycles. The van der Waals surface area contributed by atoms with Gasteiger partial charge in [0, 0.05) is 19.3 Å². The molecule has 2 N–H and O–H groups in total. The summed E-state index contributed by atoms with van der Waals surface area (Å²) in [5.41, 5.74) is 8.99. The Bertz CT molecular complexity index is 535. The standard InChI is InChI=1S/C15H17FN2/c1-11-3-6-13(7-4-11)18(2)15-8-5-12(10-17)9-14(15)16/h3-9H,10,17H2,1-2H3.